The minimum absolute atomic E-state index is 0.0736. The Hall–Kier alpha value is -2.98. The third-order valence-electron chi connectivity index (χ3n) is 4.53. The Kier molecular flexibility index (Phi) is 6.68. The first-order valence-corrected chi connectivity index (χ1v) is 10.1. The lowest BCUT2D eigenvalue weighted by Crippen LogP contribution is -2.50. The van der Waals surface area contributed by atoms with Gasteiger partial charge in [-0.25, -0.2) is 5.01 Å². The molecular formula is C20H19BrN4O4S. The largest absolute Gasteiger partial charge is 0.497 e. The smallest absolute Gasteiger partial charge is 0.269 e. The number of hydrazine groups is 1. The number of thiocarbonyl (C=S) groups is 1. The Balaban J connectivity index is 1.90. The fraction of sp³-hybridized carbons (Fsp3) is 0.200. The van der Waals surface area contributed by atoms with Gasteiger partial charge in [0.15, 0.2) is 0 Å². The maximum atomic E-state index is 13.1. The van der Waals surface area contributed by atoms with Crippen LogP contribution in [0.5, 0.6) is 5.75 Å². The second kappa shape index (κ2) is 9.23. The number of methoxy groups -OCH3 is 1. The van der Waals surface area contributed by atoms with Crippen LogP contribution in [0.2, 0.25) is 0 Å². The molecule has 1 heterocycles. The number of benzene rings is 2. The van der Waals surface area contributed by atoms with Gasteiger partial charge < -0.3 is 10.1 Å². The Morgan fingerprint density at radius 2 is 1.77 bits per heavy atom. The van der Waals surface area contributed by atoms with Gasteiger partial charge in [-0.2, -0.15) is 0 Å². The van der Waals surface area contributed by atoms with Crippen LogP contribution in [-0.4, -0.2) is 48.0 Å². The predicted octanol–water partition coefficient (Wildman–Crippen LogP) is 2.24. The number of nitrogens with one attached hydrogen (secondary N) is 2. The minimum Gasteiger partial charge on any atom is -0.497 e. The first-order valence-electron chi connectivity index (χ1n) is 8.94. The van der Waals surface area contributed by atoms with E-state index in [2.05, 4.69) is 26.7 Å². The van der Waals surface area contributed by atoms with Crippen LogP contribution in [0, 0.1) is 0 Å². The SMILES string of the molecule is CNC(=O)CC1C(=O)N(c2ccc(OC)cc2)C(=S)N1NC(=O)c1ccc(Br)cc1. The zero-order valence-electron chi connectivity index (χ0n) is 16.2. The number of hydrogen-bond acceptors (Lipinski definition) is 5. The molecule has 8 nitrogen and oxygen atoms in total. The molecule has 1 aliphatic heterocycles. The van der Waals surface area contributed by atoms with Gasteiger partial charge in [0.25, 0.3) is 11.8 Å². The van der Waals surface area contributed by atoms with Crippen LogP contribution in [-0.2, 0) is 9.59 Å². The highest BCUT2D eigenvalue weighted by atomic mass is 79.9. The van der Waals surface area contributed by atoms with Gasteiger partial charge in [-0.3, -0.25) is 24.7 Å². The number of amides is 3. The van der Waals surface area contributed by atoms with Gasteiger partial charge >= 0.3 is 0 Å². The van der Waals surface area contributed by atoms with Crippen molar-refractivity contribution >= 4 is 56.7 Å². The lowest BCUT2D eigenvalue weighted by Gasteiger charge is -2.24. The average Bonchev–Trinajstić information content (AvgIpc) is 2.98. The standard InChI is InChI=1S/C20H19BrN4O4S/c1-22-17(26)11-16-19(28)24(14-7-9-15(29-2)10-8-14)20(30)25(16)23-18(27)12-3-5-13(21)6-4-12/h3-10,16H,11H2,1-2H3,(H,22,26)(H,23,27). The van der Waals surface area contributed by atoms with E-state index in [-0.39, 0.29) is 17.4 Å². The van der Waals surface area contributed by atoms with Gasteiger partial charge in [0.05, 0.1) is 19.2 Å². The van der Waals surface area contributed by atoms with Crippen molar-refractivity contribution in [3.05, 3.63) is 58.6 Å². The van der Waals surface area contributed by atoms with Crippen molar-refractivity contribution in [3.8, 4) is 5.75 Å². The number of nitrogens with zero attached hydrogens (tertiary/aromatic N) is 2. The van der Waals surface area contributed by atoms with Gasteiger partial charge in [-0.15, -0.1) is 0 Å². The van der Waals surface area contributed by atoms with E-state index in [4.69, 9.17) is 17.0 Å². The molecule has 0 aromatic heterocycles. The summed E-state index contributed by atoms with van der Waals surface area (Å²) in [4.78, 5) is 39.1. The van der Waals surface area contributed by atoms with Gasteiger partial charge in [-0.05, 0) is 60.7 Å². The van der Waals surface area contributed by atoms with Crippen molar-refractivity contribution in [2.75, 3.05) is 19.1 Å². The molecule has 2 aromatic rings. The minimum atomic E-state index is -0.973. The van der Waals surface area contributed by atoms with Crippen LogP contribution in [0.3, 0.4) is 0 Å². The monoisotopic (exact) mass is 490 g/mol. The summed E-state index contributed by atoms with van der Waals surface area (Å²) in [6.45, 7) is 0. The molecular weight excluding hydrogens is 472 g/mol. The van der Waals surface area contributed by atoms with Gasteiger partial charge in [0, 0.05) is 17.1 Å². The number of carbonyl (C=O) groups is 3. The maximum Gasteiger partial charge on any atom is 0.269 e. The van der Waals surface area contributed by atoms with E-state index in [1.54, 1.807) is 55.6 Å². The quantitative estimate of drug-likeness (QED) is 0.603. The van der Waals surface area contributed by atoms with Gasteiger partial charge in [0.1, 0.15) is 11.8 Å². The van der Waals surface area contributed by atoms with Gasteiger partial charge in [-0.1, -0.05) is 15.9 Å². The summed E-state index contributed by atoms with van der Waals surface area (Å²) in [6, 6.07) is 12.5. The first kappa shape index (κ1) is 21.7. The fourth-order valence-corrected chi connectivity index (χ4v) is 3.55. The van der Waals surface area contributed by atoms with E-state index in [1.165, 1.54) is 17.0 Å². The highest BCUT2D eigenvalue weighted by molar-refractivity contribution is 9.10. The van der Waals surface area contributed by atoms with Crippen molar-refractivity contribution in [2.45, 2.75) is 12.5 Å². The summed E-state index contributed by atoms with van der Waals surface area (Å²) in [6.07, 6.45) is -0.164. The molecule has 0 radical (unpaired) electrons. The topological polar surface area (TPSA) is 91.0 Å². The predicted molar refractivity (Wildman–Crippen MR) is 119 cm³/mol. The molecule has 0 aliphatic carbocycles. The maximum absolute atomic E-state index is 13.1. The van der Waals surface area contributed by atoms with E-state index >= 15 is 0 Å². The summed E-state index contributed by atoms with van der Waals surface area (Å²) in [5.74, 6) is -0.588. The average molecular weight is 491 g/mol. The molecule has 3 rings (SSSR count). The zero-order chi connectivity index (χ0) is 21.8. The number of hydrogen-bond donors (Lipinski definition) is 2. The number of rotatable bonds is 6. The van der Waals surface area contributed by atoms with E-state index in [9.17, 15) is 14.4 Å². The van der Waals surface area contributed by atoms with Crippen molar-refractivity contribution in [1.29, 1.82) is 0 Å². The molecule has 3 amide bonds. The van der Waals surface area contributed by atoms with Crippen molar-refractivity contribution in [1.82, 2.24) is 15.8 Å². The molecule has 10 heteroatoms. The van der Waals surface area contributed by atoms with Gasteiger partial charge in [0.2, 0.25) is 11.0 Å². The molecule has 1 aliphatic rings. The van der Waals surface area contributed by atoms with Crippen LogP contribution in [0.1, 0.15) is 16.8 Å². The highest BCUT2D eigenvalue weighted by Gasteiger charge is 2.45. The molecule has 1 atom stereocenters. The summed E-state index contributed by atoms with van der Waals surface area (Å²) in [7, 11) is 3.02. The lowest BCUT2D eigenvalue weighted by molar-refractivity contribution is -0.127. The lowest BCUT2D eigenvalue weighted by atomic mass is 10.2. The molecule has 1 unspecified atom stereocenters. The Bertz CT molecular complexity index is 981. The van der Waals surface area contributed by atoms with Crippen LogP contribution >= 0.6 is 28.1 Å². The molecule has 0 bridgehead atoms. The van der Waals surface area contributed by atoms with E-state index in [0.29, 0.717) is 17.0 Å². The first-order chi connectivity index (χ1) is 14.3. The normalized spacial score (nSPS) is 15.9. The van der Waals surface area contributed by atoms with Crippen LogP contribution in [0.4, 0.5) is 5.69 Å². The van der Waals surface area contributed by atoms with E-state index < -0.39 is 17.9 Å². The molecule has 2 N–H and O–H groups in total. The Morgan fingerprint density at radius 1 is 1.13 bits per heavy atom. The van der Waals surface area contributed by atoms with Crippen molar-refractivity contribution in [2.24, 2.45) is 0 Å². The van der Waals surface area contributed by atoms with Crippen molar-refractivity contribution < 1.29 is 19.1 Å². The third kappa shape index (κ3) is 4.44. The fourth-order valence-electron chi connectivity index (χ4n) is 2.92. The number of halogens is 1. The summed E-state index contributed by atoms with van der Waals surface area (Å²) < 4.78 is 5.97. The highest BCUT2D eigenvalue weighted by Crippen LogP contribution is 2.27. The van der Waals surface area contributed by atoms with Crippen molar-refractivity contribution in [3.63, 3.8) is 0 Å². The molecule has 30 heavy (non-hydrogen) atoms. The molecule has 0 spiro atoms. The third-order valence-corrected chi connectivity index (χ3v) is 5.44. The Morgan fingerprint density at radius 3 is 2.33 bits per heavy atom. The summed E-state index contributed by atoms with van der Waals surface area (Å²) in [5, 5.41) is 3.83. The second-order valence-electron chi connectivity index (χ2n) is 6.37. The second-order valence-corrected chi connectivity index (χ2v) is 7.65. The number of ether oxygens (including phenoxy) is 1. The van der Waals surface area contributed by atoms with E-state index in [0.717, 1.165) is 4.47 Å². The van der Waals surface area contributed by atoms with Crippen LogP contribution < -0.4 is 20.4 Å². The zero-order valence-corrected chi connectivity index (χ0v) is 18.6. The molecule has 2 aromatic carbocycles. The number of anilines is 1. The molecule has 1 saturated heterocycles. The van der Waals surface area contributed by atoms with Crippen LogP contribution in [0.25, 0.3) is 0 Å². The Labute approximate surface area is 187 Å². The molecule has 0 saturated carbocycles. The molecule has 1 fully saturated rings. The van der Waals surface area contributed by atoms with Crippen LogP contribution in [0.15, 0.2) is 53.0 Å². The molecule has 156 valence electrons. The summed E-state index contributed by atoms with van der Waals surface area (Å²) in [5.41, 5.74) is 3.56. The summed E-state index contributed by atoms with van der Waals surface area (Å²) >= 11 is 8.80. The number of carbonyl (C=O) groups excluding carboxylic acids is 3. The van der Waals surface area contributed by atoms with E-state index in [1.807, 2.05) is 0 Å².